The van der Waals surface area contributed by atoms with Crippen LogP contribution >= 0.6 is 0 Å². The first-order valence-electron chi connectivity index (χ1n) is 9.74. The molecular formula is C20H29N3O2. The molecule has 5 nitrogen and oxygen atoms in total. The molecule has 3 aliphatic heterocycles. The van der Waals surface area contributed by atoms with E-state index in [0.717, 1.165) is 30.4 Å². The summed E-state index contributed by atoms with van der Waals surface area (Å²) in [6, 6.07) is 8.23. The standard InChI is InChI=1S/C20H29N3O2/c1-2-25-19-6-4-3-5-18(19)21-20(24)23-13-16-9-10-17(14-23)22(12-16)11-15-7-8-15/h3-6,15-17H,2,7-14H2,1H3,(H,21,24)/t16-,17-/m0/s1. The lowest BCUT2D eigenvalue weighted by Gasteiger charge is -2.36. The van der Waals surface area contributed by atoms with Crippen molar-refractivity contribution in [2.45, 2.75) is 38.6 Å². The van der Waals surface area contributed by atoms with Gasteiger partial charge in [0.1, 0.15) is 5.75 Å². The van der Waals surface area contributed by atoms with Gasteiger partial charge in [0, 0.05) is 32.2 Å². The van der Waals surface area contributed by atoms with Crippen LogP contribution in [0.2, 0.25) is 0 Å². The van der Waals surface area contributed by atoms with Gasteiger partial charge in [-0.2, -0.15) is 0 Å². The molecule has 2 atom stereocenters. The van der Waals surface area contributed by atoms with Crippen molar-refractivity contribution >= 4 is 11.7 Å². The summed E-state index contributed by atoms with van der Waals surface area (Å²) >= 11 is 0. The zero-order valence-electron chi connectivity index (χ0n) is 15.1. The molecule has 1 saturated carbocycles. The second kappa shape index (κ2) is 7.24. The van der Waals surface area contributed by atoms with Gasteiger partial charge >= 0.3 is 6.03 Å². The minimum atomic E-state index is 0.0114. The number of piperidine rings is 1. The van der Waals surface area contributed by atoms with Gasteiger partial charge in [-0.25, -0.2) is 4.79 Å². The van der Waals surface area contributed by atoms with Gasteiger partial charge in [-0.05, 0) is 56.6 Å². The minimum absolute atomic E-state index is 0.0114. The van der Waals surface area contributed by atoms with Crippen molar-refractivity contribution in [2.24, 2.45) is 11.8 Å². The first-order chi connectivity index (χ1) is 12.2. The van der Waals surface area contributed by atoms with Crippen LogP contribution in [0, 0.1) is 11.8 Å². The van der Waals surface area contributed by atoms with Gasteiger partial charge in [-0.3, -0.25) is 4.90 Å². The summed E-state index contributed by atoms with van der Waals surface area (Å²) in [4.78, 5) is 17.6. The Bertz CT molecular complexity index is 617. The summed E-state index contributed by atoms with van der Waals surface area (Å²) in [6.45, 7) is 6.69. The number of rotatable bonds is 5. The highest BCUT2D eigenvalue weighted by Crippen LogP contribution is 2.35. The van der Waals surface area contributed by atoms with E-state index in [0.29, 0.717) is 18.6 Å². The molecule has 2 amide bonds. The summed E-state index contributed by atoms with van der Waals surface area (Å²) in [7, 11) is 0. The molecule has 3 heterocycles. The Morgan fingerprint density at radius 1 is 1.16 bits per heavy atom. The van der Waals surface area contributed by atoms with Gasteiger partial charge < -0.3 is 15.0 Å². The number of carbonyl (C=O) groups excluding carboxylic acids is 1. The number of benzene rings is 1. The molecule has 25 heavy (non-hydrogen) atoms. The SMILES string of the molecule is CCOc1ccccc1NC(=O)N1C[C@H]2CC[C@@H](C1)N(CC1CC1)C2. The van der Waals surface area contributed by atoms with Gasteiger partial charge in [0.05, 0.1) is 12.3 Å². The third kappa shape index (κ3) is 3.92. The molecule has 0 unspecified atom stereocenters. The predicted molar refractivity (Wildman–Crippen MR) is 99.0 cm³/mol. The number of nitrogens with one attached hydrogen (secondary N) is 1. The normalized spacial score (nSPS) is 26.4. The zero-order chi connectivity index (χ0) is 17.2. The smallest absolute Gasteiger partial charge is 0.322 e. The van der Waals surface area contributed by atoms with Crippen LogP contribution in [0.25, 0.3) is 0 Å². The topological polar surface area (TPSA) is 44.8 Å². The minimum Gasteiger partial charge on any atom is -0.492 e. The van der Waals surface area contributed by atoms with E-state index >= 15 is 0 Å². The van der Waals surface area contributed by atoms with Crippen molar-refractivity contribution in [3.05, 3.63) is 24.3 Å². The van der Waals surface area contributed by atoms with Gasteiger partial charge in [0.25, 0.3) is 0 Å². The van der Waals surface area contributed by atoms with Crippen LogP contribution in [-0.4, -0.2) is 54.7 Å². The van der Waals surface area contributed by atoms with Crippen molar-refractivity contribution in [2.75, 3.05) is 38.1 Å². The van der Waals surface area contributed by atoms with Crippen LogP contribution in [0.4, 0.5) is 10.5 Å². The third-order valence-electron chi connectivity index (χ3n) is 5.73. The number of urea groups is 1. The lowest BCUT2D eigenvalue weighted by Crippen LogP contribution is -2.45. The molecular weight excluding hydrogens is 314 g/mol. The molecule has 5 heteroatoms. The molecule has 3 saturated heterocycles. The molecule has 1 aromatic rings. The third-order valence-corrected chi connectivity index (χ3v) is 5.73. The van der Waals surface area contributed by atoms with Crippen LogP contribution < -0.4 is 10.1 Å². The highest BCUT2D eigenvalue weighted by Gasteiger charge is 2.38. The second-order valence-electron chi connectivity index (χ2n) is 7.76. The molecule has 136 valence electrons. The average Bonchev–Trinajstić information content (AvgIpc) is 3.44. The van der Waals surface area contributed by atoms with Gasteiger partial charge in [0.15, 0.2) is 0 Å². The molecule has 1 aliphatic carbocycles. The van der Waals surface area contributed by atoms with E-state index in [4.69, 9.17) is 4.74 Å². The summed E-state index contributed by atoms with van der Waals surface area (Å²) in [5.74, 6) is 2.27. The summed E-state index contributed by atoms with van der Waals surface area (Å²) in [5.41, 5.74) is 0.765. The van der Waals surface area contributed by atoms with Crippen molar-refractivity contribution in [1.29, 1.82) is 0 Å². The molecule has 4 aliphatic rings. The van der Waals surface area contributed by atoms with E-state index in [1.807, 2.05) is 36.1 Å². The number of amides is 2. The zero-order valence-corrected chi connectivity index (χ0v) is 15.1. The van der Waals surface area contributed by atoms with Gasteiger partial charge in [0.2, 0.25) is 0 Å². The number of hydrogen-bond donors (Lipinski definition) is 1. The van der Waals surface area contributed by atoms with E-state index in [1.54, 1.807) is 0 Å². The van der Waals surface area contributed by atoms with Crippen molar-refractivity contribution in [3.63, 3.8) is 0 Å². The van der Waals surface area contributed by atoms with E-state index < -0.39 is 0 Å². The van der Waals surface area contributed by atoms with E-state index in [-0.39, 0.29) is 6.03 Å². The second-order valence-corrected chi connectivity index (χ2v) is 7.76. The first-order valence-corrected chi connectivity index (χ1v) is 9.74. The van der Waals surface area contributed by atoms with Gasteiger partial charge in [-0.15, -0.1) is 0 Å². The Hall–Kier alpha value is -1.75. The molecule has 0 spiro atoms. The van der Waals surface area contributed by atoms with Crippen LogP contribution in [0.3, 0.4) is 0 Å². The number of ether oxygens (including phenoxy) is 1. The van der Waals surface area contributed by atoms with E-state index in [9.17, 15) is 4.79 Å². The largest absolute Gasteiger partial charge is 0.492 e. The molecule has 4 fully saturated rings. The number of hydrogen-bond acceptors (Lipinski definition) is 3. The Balaban J connectivity index is 1.42. The van der Waals surface area contributed by atoms with Crippen LogP contribution in [-0.2, 0) is 0 Å². The quantitative estimate of drug-likeness (QED) is 0.891. The Morgan fingerprint density at radius 2 is 2.00 bits per heavy atom. The Morgan fingerprint density at radius 3 is 2.80 bits per heavy atom. The highest BCUT2D eigenvalue weighted by molar-refractivity contribution is 5.91. The fourth-order valence-electron chi connectivity index (χ4n) is 4.25. The lowest BCUT2D eigenvalue weighted by molar-refractivity contribution is 0.126. The Labute approximate surface area is 150 Å². The maximum Gasteiger partial charge on any atom is 0.322 e. The monoisotopic (exact) mass is 343 g/mol. The summed E-state index contributed by atoms with van der Waals surface area (Å²) in [6.07, 6.45) is 5.28. The highest BCUT2D eigenvalue weighted by atomic mass is 16.5. The molecule has 5 rings (SSSR count). The average molecular weight is 343 g/mol. The summed E-state index contributed by atoms with van der Waals surface area (Å²) < 4.78 is 5.63. The molecule has 0 aromatic heterocycles. The number of carbonyl (C=O) groups is 1. The number of anilines is 1. The molecule has 2 bridgehead atoms. The maximum absolute atomic E-state index is 12.9. The fourth-order valence-corrected chi connectivity index (χ4v) is 4.25. The lowest BCUT2D eigenvalue weighted by atomic mass is 9.95. The van der Waals surface area contributed by atoms with E-state index in [1.165, 1.54) is 38.8 Å². The number of para-hydroxylation sites is 2. The Kier molecular flexibility index (Phi) is 4.84. The van der Waals surface area contributed by atoms with Crippen LogP contribution in [0.5, 0.6) is 5.75 Å². The maximum atomic E-state index is 12.9. The van der Waals surface area contributed by atoms with Crippen molar-refractivity contribution in [1.82, 2.24) is 9.80 Å². The van der Waals surface area contributed by atoms with Crippen LogP contribution in [0.1, 0.15) is 32.6 Å². The summed E-state index contributed by atoms with van der Waals surface area (Å²) in [5, 5.41) is 3.07. The fraction of sp³-hybridized carbons (Fsp3) is 0.650. The first kappa shape index (κ1) is 16.7. The predicted octanol–water partition coefficient (Wildman–Crippen LogP) is 3.42. The number of fused-ring (bicyclic) bond motifs is 4. The molecule has 1 aromatic carbocycles. The van der Waals surface area contributed by atoms with Crippen molar-refractivity contribution < 1.29 is 9.53 Å². The van der Waals surface area contributed by atoms with Crippen molar-refractivity contribution in [3.8, 4) is 5.75 Å². The van der Waals surface area contributed by atoms with Crippen LogP contribution in [0.15, 0.2) is 24.3 Å². The van der Waals surface area contributed by atoms with E-state index in [2.05, 4.69) is 10.2 Å². The molecule has 1 N–H and O–H groups in total. The number of nitrogens with zero attached hydrogens (tertiary/aromatic N) is 2. The van der Waals surface area contributed by atoms with Gasteiger partial charge in [-0.1, -0.05) is 12.1 Å². The molecule has 0 radical (unpaired) electrons.